The molecule has 63 heavy (non-hydrogen) atoms. The number of esters is 1. The fraction of sp³-hybridized carbons (Fsp3) is 0.429. The minimum Gasteiger partial charge on any atom is -0.466 e. The molecule has 5 aromatic rings. The minimum absolute atomic E-state index is 0. The quantitative estimate of drug-likeness (QED) is 0.0545. The summed E-state index contributed by atoms with van der Waals surface area (Å²) in [6.07, 6.45) is -0.686. The molecule has 3 atom stereocenters. The van der Waals surface area contributed by atoms with E-state index in [0.29, 0.717) is 24.6 Å². The van der Waals surface area contributed by atoms with E-state index in [2.05, 4.69) is 52.1 Å². The van der Waals surface area contributed by atoms with Gasteiger partial charge in [0.2, 0.25) is 17.9 Å². The molecule has 1 unspecified atom stereocenters. The van der Waals surface area contributed by atoms with Crippen LogP contribution in [0.15, 0.2) is 91.0 Å². The summed E-state index contributed by atoms with van der Waals surface area (Å²) in [4.78, 5) is 50.2. The van der Waals surface area contributed by atoms with Crippen LogP contribution in [-0.4, -0.2) is 97.0 Å². The van der Waals surface area contributed by atoms with Gasteiger partial charge >= 0.3 is 17.9 Å². The zero-order valence-corrected chi connectivity index (χ0v) is 37.5. The maximum absolute atomic E-state index is 12.8. The van der Waals surface area contributed by atoms with Gasteiger partial charge in [0.1, 0.15) is 28.3 Å². The number of tetrazole rings is 2. The smallest absolute Gasteiger partial charge is 0.408 e. The maximum atomic E-state index is 12.8. The molecule has 2 aromatic heterocycles. The summed E-state index contributed by atoms with van der Waals surface area (Å²) < 4.78 is 23.3. The minimum atomic E-state index is -1.23. The number of hydrogen-bond donors (Lipinski definition) is 6. The van der Waals surface area contributed by atoms with Crippen LogP contribution in [0.1, 0.15) is 94.9 Å². The van der Waals surface area contributed by atoms with Crippen LogP contribution in [0, 0.1) is 0 Å². The van der Waals surface area contributed by atoms with Crippen LogP contribution in [-0.2, 0) is 46.5 Å². The number of alkyl carbamates (subject to hydrolysis) is 1. The van der Waals surface area contributed by atoms with Crippen molar-refractivity contribution >= 4 is 36.3 Å². The molecule has 0 bridgehead atoms. The van der Waals surface area contributed by atoms with Gasteiger partial charge in [-0.3, -0.25) is 9.59 Å². The Morgan fingerprint density at radius 1 is 0.730 bits per heavy atom. The van der Waals surface area contributed by atoms with Crippen molar-refractivity contribution < 1.29 is 42.8 Å². The number of halogens is 1. The number of nitrogens with two attached hydrogens (primary N) is 1. The molecule has 5 rings (SSSR count). The van der Waals surface area contributed by atoms with E-state index in [1.54, 1.807) is 60.6 Å². The van der Waals surface area contributed by atoms with Crippen LogP contribution in [0.2, 0.25) is 0 Å². The second kappa shape index (κ2) is 23.8. The molecular weight excluding hydrogens is 836 g/mol. The Labute approximate surface area is 372 Å². The topological polar surface area (TPSA) is 267 Å². The summed E-state index contributed by atoms with van der Waals surface area (Å²) in [5.41, 5.74) is 5.59. The monoisotopic (exact) mass is 893 g/mol. The Balaban J connectivity index is 0.000000333. The van der Waals surface area contributed by atoms with Gasteiger partial charge in [-0.15, -0.1) is 27.3 Å². The number of amides is 3. The van der Waals surface area contributed by atoms with Gasteiger partial charge in [-0.2, -0.15) is 5.21 Å². The van der Waals surface area contributed by atoms with E-state index in [1.165, 1.54) is 11.8 Å². The fourth-order valence-electron chi connectivity index (χ4n) is 5.50. The van der Waals surface area contributed by atoms with Gasteiger partial charge in [-0.05, 0) is 59.6 Å². The lowest BCUT2D eigenvalue weighted by Gasteiger charge is -2.29. The second-order valence-electron chi connectivity index (χ2n) is 16.2. The standard InChI is InChI=1S/C23H28N6O4.C19H28N6O4.ClH/c1-23(2,24)22(31)25-18(15-33-14-16-10-6-4-7-11-16)20-26-27-28-29(20)19(21(30)32-3)17-12-8-5-9-13-17;1-18(2,3)29-17(27)21-19(4,5)16(26)20-14(15-22-24-25-23-15)12-28-11-13-9-7-6-8-10-13;/h4-13,18-19H,14-15,24H2,1-3H3,(H,25,31);6-10,14H,11-12H2,1-5H3,(H,20,26)(H,21,27)(H,22,23,24,25);1H/p+1/t18-,19?;14-;/m11./s1. The van der Waals surface area contributed by atoms with Crippen molar-refractivity contribution in [2.24, 2.45) is 5.73 Å². The summed E-state index contributed by atoms with van der Waals surface area (Å²) in [5.74, 6) is -0.798. The SMILES string of the molecule is CC(C)(C)OC(=O)NC(C)(C)C(=O)N[C@H](COCc1ccccc1)c1nn[nH]n1.COC(=O)C(c1ccccc1)[n+]1[nH]nnc1[C@@H](COCc1ccccc1)NC(=O)C(C)(C)N.Cl. The van der Waals surface area contributed by atoms with Gasteiger partial charge in [-0.25, -0.2) is 9.59 Å². The Morgan fingerprint density at radius 3 is 1.75 bits per heavy atom. The van der Waals surface area contributed by atoms with Crippen LogP contribution in [0.25, 0.3) is 0 Å². The number of carbonyl (C=O) groups excluding carboxylic acids is 4. The number of carbonyl (C=O) groups is 4. The highest BCUT2D eigenvalue weighted by molar-refractivity contribution is 5.89. The second-order valence-corrected chi connectivity index (χ2v) is 16.2. The highest BCUT2D eigenvalue weighted by atomic mass is 35.5. The lowest BCUT2D eigenvalue weighted by atomic mass is 10.0. The molecule has 0 spiro atoms. The molecule has 3 amide bonds. The number of nitrogens with zero attached hydrogens (tertiary/aromatic N) is 6. The molecule has 21 heteroatoms. The van der Waals surface area contributed by atoms with Gasteiger partial charge in [0, 0.05) is 5.56 Å². The first-order chi connectivity index (χ1) is 29.4. The summed E-state index contributed by atoms with van der Waals surface area (Å²) >= 11 is 0. The number of methoxy groups -OCH3 is 1. The van der Waals surface area contributed by atoms with Crippen molar-refractivity contribution in [3.05, 3.63) is 119 Å². The van der Waals surface area contributed by atoms with E-state index in [0.717, 1.165) is 11.1 Å². The van der Waals surface area contributed by atoms with Crippen molar-refractivity contribution in [2.75, 3.05) is 20.3 Å². The number of rotatable bonds is 18. The summed E-state index contributed by atoms with van der Waals surface area (Å²) in [5, 5.41) is 32.8. The number of aromatic nitrogens is 8. The Kier molecular flexibility index (Phi) is 19.2. The first kappa shape index (κ1) is 51.0. The van der Waals surface area contributed by atoms with Gasteiger partial charge in [0.05, 0.1) is 39.1 Å². The van der Waals surface area contributed by atoms with Crippen LogP contribution in [0.4, 0.5) is 4.79 Å². The molecule has 340 valence electrons. The highest BCUT2D eigenvalue weighted by Crippen LogP contribution is 2.18. The normalized spacial score (nSPS) is 12.8. The van der Waals surface area contributed by atoms with Gasteiger partial charge in [-0.1, -0.05) is 101 Å². The van der Waals surface area contributed by atoms with Gasteiger partial charge in [0.25, 0.3) is 0 Å². The zero-order valence-electron chi connectivity index (χ0n) is 36.7. The van der Waals surface area contributed by atoms with Crippen LogP contribution in [0.3, 0.4) is 0 Å². The van der Waals surface area contributed by atoms with Crippen molar-refractivity contribution in [3.8, 4) is 0 Å². The first-order valence-corrected chi connectivity index (χ1v) is 19.7. The summed E-state index contributed by atoms with van der Waals surface area (Å²) in [7, 11) is 1.31. The maximum Gasteiger partial charge on any atom is 0.408 e. The average molecular weight is 894 g/mol. The first-order valence-electron chi connectivity index (χ1n) is 19.7. The molecule has 0 saturated carbocycles. The predicted octanol–water partition coefficient (Wildman–Crippen LogP) is 3.26. The molecule has 0 saturated heterocycles. The summed E-state index contributed by atoms with van der Waals surface area (Å²) in [6.45, 7) is 12.5. The van der Waals surface area contributed by atoms with Gasteiger partial charge < -0.3 is 40.6 Å². The van der Waals surface area contributed by atoms with Crippen molar-refractivity contribution in [2.45, 2.75) is 96.5 Å². The Morgan fingerprint density at radius 2 is 1.25 bits per heavy atom. The predicted molar refractivity (Wildman–Crippen MR) is 230 cm³/mol. The van der Waals surface area contributed by atoms with E-state index in [1.807, 2.05) is 78.9 Å². The molecule has 0 fully saturated rings. The van der Waals surface area contributed by atoms with E-state index < -0.39 is 58.7 Å². The molecule has 0 radical (unpaired) electrons. The number of benzene rings is 3. The lowest BCUT2D eigenvalue weighted by molar-refractivity contribution is -0.766. The molecular formula is C42H58ClN12O8+. The number of hydrogen-bond acceptors (Lipinski definition) is 14. The third-order valence-corrected chi connectivity index (χ3v) is 8.70. The van der Waals surface area contributed by atoms with Crippen molar-refractivity contribution in [1.82, 2.24) is 52.1 Å². The highest BCUT2D eigenvalue weighted by Gasteiger charge is 2.38. The van der Waals surface area contributed by atoms with E-state index in [9.17, 15) is 19.2 Å². The number of nitrogens with one attached hydrogen (secondary N) is 5. The van der Waals surface area contributed by atoms with E-state index in [4.69, 9.17) is 24.7 Å². The molecule has 0 aliphatic heterocycles. The molecule has 7 N–H and O–H groups in total. The zero-order chi connectivity index (χ0) is 45.3. The summed E-state index contributed by atoms with van der Waals surface area (Å²) in [6, 6.07) is 26.1. The number of ether oxygens (including phenoxy) is 4. The Hall–Kier alpha value is -6.35. The molecule has 20 nitrogen and oxygen atoms in total. The average Bonchev–Trinajstić information content (AvgIpc) is 3.94. The van der Waals surface area contributed by atoms with Crippen LogP contribution >= 0.6 is 12.4 Å². The number of aromatic amines is 2. The third-order valence-electron chi connectivity index (χ3n) is 8.70. The molecule has 0 aliphatic carbocycles. The van der Waals surface area contributed by atoms with Crippen molar-refractivity contribution in [1.29, 1.82) is 0 Å². The molecule has 3 aromatic carbocycles. The molecule has 2 heterocycles. The van der Waals surface area contributed by atoms with Gasteiger partial charge in [0.15, 0.2) is 11.0 Å². The largest absolute Gasteiger partial charge is 0.466 e. The lowest BCUT2D eigenvalue weighted by Crippen LogP contribution is -2.56. The Bertz CT molecular complexity index is 2150. The van der Waals surface area contributed by atoms with Crippen LogP contribution < -0.4 is 26.4 Å². The number of H-pyrrole nitrogens is 2. The third kappa shape index (κ3) is 16.5. The van der Waals surface area contributed by atoms with Crippen LogP contribution in [0.5, 0.6) is 0 Å². The molecule has 0 aliphatic rings. The fourth-order valence-corrected chi connectivity index (χ4v) is 5.50. The van der Waals surface area contributed by atoms with E-state index >= 15 is 0 Å². The van der Waals surface area contributed by atoms with E-state index in [-0.39, 0.29) is 31.4 Å². The van der Waals surface area contributed by atoms with Crippen molar-refractivity contribution in [3.63, 3.8) is 0 Å².